The first-order valence-corrected chi connectivity index (χ1v) is 11.6. The van der Waals surface area contributed by atoms with Crippen LogP contribution in [0, 0.1) is 27.7 Å². The molecule has 31 heavy (non-hydrogen) atoms. The molecular formula is C25H28N2O3S. The van der Waals surface area contributed by atoms with Gasteiger partial charge in [0, 0.05) is 12.2 Å². The Morgan fingerprint density at radius 2 is 1.55 bits per heavy atom. The number of hydrogen-bond donors (Lipinski definition) is 1. The number of sulfonamides is 1. The maximum absolute atomic E-state index is 13.4. The first kappa shape index (κ1) is 22.7. The highest BCUT2D eigenvalue weighted by molar-refractivity contribution is 7.89. The average Bonchev–Trinajstić information content (AvgIpc) is 2.72. The van der Waals surface area contributed by atoms with E-state index >= 15 is 0 Å². The van der Waals surface area contributed by atoms with Gasteiger partial charge >= 0.3 is 0 Å². The van der Waals surface area contributed by atoms with Gasteiger partial charge in [-0.05, 0) is 68.1 Å². The number of nitrogens with zero attached hydrogens (tertiary/aromatic N) is 1. The van der Waals surface area contributed by atoms with Crippen molar-refractivity contribution < 1.29 is 13.2 Å². The van der Waals surface area contributed by atoms with Gasteiger partial charge in [-0.3, -0.25) is 4.79 Å². The van der Waals surface area contributed by atoms with Crippen LogP contribution in [0.4, 0.5) is 5.69 Å². The Labute approximate surface area is 184 Å². The summed E-state index contributed by atoms with van der Waals surface area (Å²) in [7, 11) is -3.87. The van der Waals surface area contributed by atoms with Gasteiger partial charge in [0.25, 0.3) is 0 Å². The molecule has 6 heteroatoms. The van der Waals surface area contributed by atoms with Crippen molar-refractivity contribution in [1.82, 2.24) is 4.31 Å². The van der Waals surface area contributed by atoms with Gasteiger partial charge in [0.1, 0.15) is 0 Å². The van der Waals surface area contributed by atoms with Crippen LogP contribution < -0.4 is 5.32 Å². The molecule has 0 spiro atoms. The monoisotopic (exact) mass is 436 g/mol. The molecular weight excluding hydrogens is 408 g/mol. The second-order valence-corrected chi connectivity index (χ2v) is 9.81. The van der Waals surface area contributed by atoms with Gasteiger partial charge in [0.2, 0.25) is 15.9 Å². The van der Waals surface area contributed by atoms with Gasteiger partial charge < -0.3 is 5.32 Å². The van der Waals surface area contributed by atoms with E-state index in [1.165, 1.54) is 4.31 Å². The van der Waals surface area contributed by atoms with Crippen molar-refractivity contribution in [3.8, 4) is 0 Å². The fourth-order valence-electron chi connectivity index (χ4n) is 3.34. The molecule has 0 heterocycles. The van der Waals surface area contributed by atoms with Gasteiger partial charge in [-0.2, -0.15) is 4.31 Å². The lowest BCUT2D eigenvalue weighted by atomic mass is 10.1. The molecule has 0 aliphatic carbocycles. The maximum atomic E-state index is 13.4. The molecule has 0 saturated heterocycles. The number of amides is 1. The Kier molecular flexibility index (Phi) is 6.93. The smallest absolute Gasteiger partial charge is 0.243 e. The number of carbonyl (C=O) groups is 1. The van der Waals surface area contributed by atoms with E-state index in [0.29, 0.717) is 5.69 Å². The highest BCUT2D eigenvalue weighted by atomic mass is 32.2. The molecule has 3 rings (SSSR count). The molecule has 0 aromatic heterocycles. The topological polar surface area (TPSA) is 66.5 Å². The van der Waals surface area contributed by atoms with Crippen LogP contribution >= 0.6 is 0 Å². The number of hydrogen-bond acceptors (Lipinski definition) is 3. The molecule has 0 aliphatic rings. The third kappa shape index (κ3) is 5.60. The molecule has 0 saturated carbocycles. The minimum absolute atomic E-state index is 0.108. The molecule has 0 bridgehead atoms. The first-order chi connectivity index (χ1) is 14.7. The Hall–Kier alpha value is -2.96. The summed E-state index contributed by atoms with van der Waals surface area (Å²) in [6, 6.07) is 20.1. The highest BCUT2D eigenvalue weighted by Gasteiger charge is 2.27. The second-order valence-electron chi connectivity index (χ2n) is 7.87. The Balaban J connectivity index is 1.90. The quantitative estimate of drug-likeness (QED) is 0.581. The largest absolute Gasteiger partial charge is 0.325 e. The minimum atomic E-state index is -3.87. The van der Waals surface area contributed by atoms with Crippen LogP contribution in [0.25, 0.3) is 0 Å². The van der Waals surface area contributed by atoms with Crippen LogP contribution in [0.1, 0.15) is 27.8 Å². The summed E-state index contributed by atoms with van der Waals surface area (Å²) in [5.74, 6) is -0.379. The summed E-state index contributed by atoms with van der Waals surface area (Å²) in [6.07, 6.45) is 0. The van der Waals surface area contributed by atoms with E-state index in [1.807, 2.05) is 76.2 Å². The fraction of sp³-hybridized carbons (Fsp3) is 0.240. The molecule has 162 valence electrons. The van der Waals surface area contributed by atoms with Crippen molar-refractivity contribution in [3.05, 3.63) is 94.5 Å². The molecule has 1 amide bonds. The van der Waals surface area contributed by atoms with Crippen molar-refractivity contribution in [2.24, 2.45) is 0 Å². The molecule has 1 N–H and O–H groups in total. The van der Waals surface area contributed by atoms with Gasteiger partial charge in [-0.1, -0.05) is 54.1 Å². The van der Waals surface area contributed by atoms with Crippen molar-refractivity contribution in [2.75, 3.05) is 11.9 Å². The zero-order chi connectivity index (χ0) is 22.6. The van der Waals surface area contributed by atoms with E-state index in [9.17, 15) is 13.2 Å². The standard InChI is InChI=1S/C25H28N2O3S/c1-18-10-13-24(21(4)14-18)26-25(28)17-27(16-22-8-6-5-7-9-22)31(29,30)23-12-11-19(2)20(3)15-23/h5-15H,16-17H2,1-4H3,(H,26,28). The van der Waals surface area contributed by atoms with E-state index in [4.69, 9.17) is 0 Å². The van der Waals surface area contributed by atoms with Crippen molar-refractivity contribution in [1.29, 1.82) is 0 Å². The number of carbonyl (C=O) groups excluding carboxylic acids is 1. The van der Waals surface area contributed by atoms with E-state index < -0.39 is 10.0 Å². The molecule has 3 aromatic carbocycles. The number of nitrogens with one attached hydrogen (secondary N) is 1. The molecule has 0 atom stereocenters. The number of benzene rings is 3. The molecule has 0 unspecified atom stereocenters. The third-order valence-electron chi connectivity index (χ3n) is 5.29. The lowest BCUT2D eigenvalue weighted by molar-refractivity contribution is -0.116. The van der Waals surface area contributed by atoms with Gasteiger partial charge in [-0.15, -0.1) is 0 Å². The van der Waals surface area contributed by atoms with Crippen LogP contribution in [0.15, 0.2) is 71.6 Å². The summed E-state index contributed by atoms with van der Waals surface area (Å²) in [4.78, 5) is 13.0. The first-order valence-electron chi connectivity index (χ1n) is 10.2. The normalized spacial score (nSPS) is 11.5. The Morgan fingerprint density at radius 1 is 0.839 bits per heavy atom. The predicted octanol–water partition coefficient (Wildman–Crippen LogP) is 4.75. The van der Waals surface area contributed by atoms with E-state index in [-0.39, 0.29) is 23.9 Å². The fourth-order valence-corrected chi connectivity index (χ4v) is 4.81. The minimum Gasteiger partial charge on any atom is -0.325 e. The molecule has 0 radical (unpaired) electrons. The van der Waals surface area contributed by atoms with Crippen LogP contribution in [-0.2, 0) is 21.4 Å². The van der Waals surface area contributed by atoms with E-state index in [0.717, 1.165) is 27.8 Å². The summed E-state index contributed by atoms with van der Waals surface area (Å²) in [5.41, 5.74) is 5.42. The SMILES string of the molecule is Cc1ccc(NC(=O)CN(Cc2ccccc2)S(=O)(=O)c2ccc(C)c(C)c2)c(C)c1. The lowest BCUT2D eigenvalue weighted by Gasteiger charge is -2.23. The van der Waals surface area contributed by atoms with Gasteiger partial charge in [0.15, 0.2) is 0 Å². The van der Waals surface area contributed by atoms with E-state index in [1.54, 1.807) is 18.2 Å². The van der Waals surface area contributed by atoms with Gasteiger partial charge in [0.05, 0.1) is 11.4 Å². The summed E-state index contributed by atoms with van der Waals surface area (Å²) in [6.45, 7) is 7.54. The van der Waals surface area contributed by atoms with Crippen LogP contribution in [0.5, 0.6) is 0 Å². The average molecular weight is 437 g/mol. The summed E-state index contributed by atoms with van der Waals surface area (Å²) >= 11 is 0. The molecule has 3 aromatic rings. The zero-order valence-electron chi connectivity index (χ0n) is 18.3. The number of aryl methyl sites for hydroxylation is 4. The van der Waals surface area contributed by atoms with Crippen LogP contribution in [0.3, 0.4) is 0 Å². The van der Waals surface area contributed by atoms with Crippen molar-refractivity contribution in [3.63, 3.8) is 0 Å². The number of rotatable bonds is 7. The van der Waals surface area contributed by atoms with Crippen LogP contribution in [0.2, 0.25) is 0 Å². The summed E-state index contributed by atoms with van der Waals surface area (Å²) in [5, 5.41) is 2.85. The molecule has 0 aliphatic heterocycles. The Morgan fingerprint density at radius 3 is 2.19 bits per heavy atom. The highest BCUT2D eigenvalue weighted by Crippen LogP contribution is 2.22. The maximum Gasteiger partial charge on any atom is 0.243 e. The predicted molar refractivity (Wildman–Crippen MR) is 124 cm³/mol. The van der Waals surface area contributed by atoms with Crippen LogP contribution in [-0.4, -0.2) is 25.2 Å². The van der Waals surface area contributed by atoms with Gasteiger partial charge in [-0.25, -0.2) is 8.42 Å². The van der Waals surface area contributed by atoms with E-state index in [2.05, 4.69) is 5.32 Å². The molecule has 5 nitrogen and oxygen atoms in total. The Bertz CT molecular complexity index is 1190. The lowest BCUT2D eigenvalue weighted by Crippen LogP contribution is -2.37. The second kappa shape index (κ2) is 9.45. The van der Waals surface area contributed by atoms with Crippen molar-refractivity contribution in [2.45, 2.75) is 39.1 Å². The third-order valence-corrected chi connectivity index (χ3v) is 7.08. The summed E-state index contributed by atoms with van der Waals surface area (Å²) < 4.78 is 28.1. The number of anilines is 1. The zero-order valence-corrected chi connectivity index (χ0v) is 19.2. The molecule has 0 fully saturated rings. The van der Waals surface area contributed by atoms with Crippen molar-refractivity contribution >= 4 is 21.6 Å².